The number of carbonyl (C=O) groups excluding carboxylic acids is 1. The highest BCUT2D eigenvalue weighted by atomic mass is 32.1. The van der Waals surface area contributed by atoms with Crippen LogP contribution >= 0.6 is 11.3 Å². The smallest absolute Gasteiger partial charge is 0.328 e. The number of esters is 1. The van der Waals surface area contributed by atoms with Crippen LogP contribution in [0.4, 0.5) is 0 Å². The molecule has 0 spiro atoms. The van der Waals surface area contributed by atoms with E-state index in [1.165, 1.54) is 4.88 Å². The molecule has 1 rings (SSSR count). The summed E-state index contributed by atoms with van der Waals surface area (Å²) in [4.78, 5) is 21.6. The summed E-state index contributed by atoms with van der Waals surface area (Å²) in [5, 5.41) is 7.44. The molecule has 1 aromatic rings. The largest absolute Gasteiger partial charge is 0.459 e. The first kappa shape index (κ1) is 19.4. The summed E-state index contributed by atoms with van der Waals surface area (Å²) in [5.41, 5.74) is -0.486. The van der Waals surface area contributed by atoms with Crippen molar-refractivity contribution in [1.29, 1.82) is 0 Å². The maximum atomic E-state index is 11.7. The summed E-state index contributed by atoms with van der Waals surface area (Å²) in [7, 11) is 0. The van der Waals surface area contributed by atoms with E-state index in [4.69, 9.17) is 4.74 Å². The third-order valence-corrected chi connectivity index (χ3v) is 3.91. The van der Waals surface area contributed by atoms with E-state index in [2.05, 4.69) is 27.5 Å². The molecule has 2 N–H and O–H groups in total. The van der Waals surface area contributed by atoms with E-state index < -0.39 is 5.60 Å². The molecule has 0 aliphatic carbocycles. The quantitative estimate of drug-likeness (QED) is 0.452. The predicted octanol–water partition coefficient (Wildman–Crippen LogP) is 2.14. The molecule has 0 radical (unpaired) electrons. The molecule has 6 nitrogen and oxygen atoms in total. The topological polar surface area (TPSA) is 75.6 Å². The average molecular weight is 340 g/mol. The second kappa shape index (κ2) is 9.50. The lowest BCUT2D eigenvalue weighted by atomic mass is 10.2. The second-order valence-corrected chi connectivity index (χ2v) is 7.23. The number of carbonyl (C=O) groups is 1. The van der Waals surface area contributed by atoms with Crippen LogP contribution in [0.3, 0.4) is 0 Å². The summed E-state index contributed by atoms with van der Waals surface area (Å²) >= 11 is 1.74. The highest BCUT2D eigenvalue weighted by molar-refractivity contribution is 7.11. The van der Waals surface area contributed by atoms with Crippen LogP contribution in [-0.2, 0) is 22.4 Å². The van der Waals surface area contributed by atoms with E-state index in [0.717, 1.165) is 30.9 Å². The van der Waals surface area contributed by atoms with Gasteiger partial charge in [0.15, 0.2) is 5.96 Å². The molecule has 0 unspecified atom stereocenters. The molecule has 0 aliphatic heterocycles. The Labute approximate surface area is 142 Å². The van der Waals surface area contributed by atoms with Crippen molar-refractivity contribution in [2.45, 2.75) is 53.1 Å². The Morgan fingerprint density at radius 3 is 2.65 bits per heavy atom. The van der Waals surface area contributed by atoms with Gasteiger partial charge in [-0.25, -0.2) is 9.98 Å². The van der Waals surface area contributed by atoms with Gasteiger partial charge >= 0.3 is 5.97 Å². The van der Waals surface area contributed by atoms with Gasteiger partial charge in [0, 0.05) is 30.6 Å². The lowest BCUT2D eigenvalue weighted by molar-refractivity contribution is -0.152. The number of aromatic nitrogens is 1. The fraction of sp³-hybridized carbons (Fsp3) is 0.688. The van der Waals surface area contributed by atoms with Gasteiger partial charge in [-0.3, -0.25) is 4.79 Å². The van der Waals surface area contributed by atoms with Gasteiger partial charge in [0.25, 0.3) is 0 Å². The standard InChI is InChI=1S/C16H28N4O2S/c1-6-12-10-19-13(23-12)8-9-18-15(17-7-2)20-11-14(21)22-16(3,4)5/h10H,6-9,11H2,1-5H3,(H2,17,18,20). The Kier molecular flexibility index (Phi) is 8.02. The second-order valence-electron chi connectivity index (χ2n) is 6.03. The zero-order valence-electron chi connectivity index (χ0n) is 14.7. The molecule has 0 saturated carbocycles. The first-order chi connectivity index (χ1) is 10.8. The molecule has 0 bridgehead atoms. The Morgan fingerprint density at radius 1 is 1.35 bits per heavy atom. The van der Waals surface area contributed by atoms with Gasteiger partial charge in [0.05, 0.1) is 5.01 Å². The number of hydrogen-bond acceptors (Lipinski definition) is 5. The lowest BCUT2D eigenvalue weighted by Crippen LogP contribution is -2.39. The summed E-state index contributed by atoms with van der Waals surface area (Å²) in [5.74, 6) is 0.285. The van der Waals surface area contributed by atoms with Gasteiger partial charge in [-0.2, -0.15) is 0 Å². The van der Waals surface area contributed by atoms with E-state index >= 15 is 0 Å². The molecule has 7 heteroatoms. The monoisotopic (exact) mass is 340 g/mol. The van der Waals surface area contributed by atoms with E-state index in [9.17, 15) is 4.79 Å². The van der Waals surface area contributed by atoms with Crippen LogP contribution < -0.4 is 10.6 Å². The number of nitrogens with one attached hydrogen (secondary N) is 2. The number of guanidine groups is 1. The molecule has 0 aromatic carbocycles. The van der Waals surface area contributed by atoms with Crippen LogP contribution in [0.2, 0.25) is 0 Å². The van der Waals surface area contributed by atoms with Crippen molar-refractivity contribution in [3.8, 4) is 0 Å². The van der Waals surface area contributed by atoms with Crippen molar-refractivity contribution in [2.75, 3.05) is 19.6 Å². The molecular formula is C16H28N4O2S. The van der Waals surface area contributed by atoms with Crippen molar-refractivity contribution in [2.24, 2.45) is 4.99 Å². The Bertz CT molecular complexity index is 520. The summed E-state index contributed by atoms with van der Waals surface area (Å²) in [6.45, 7) is 11.1. The van der Waals surface area contributed by atoms with Crippen molar-refractivity contribution in [1.82, 2.24) is 15.6 Å². The normalized spacial score (nSPS) is 12.1. The van der Waals surface area contributed by atoms with Crippen LogP contribution in [-0.4, -0.2) is 42.1 Å². The molecule has 0 amide bonds. The first-order valence-electron chi connectivity index (χ1n) is 8.01. The fourth-order valence-electron chi connectivity index (χ4n) is 1.77. The molecule has 1 aromatic heterocycles. The summed E-state index contributed by atoms with van der Waals surface area (Å²) in [6, 6.07) is 0. The summed E-state index contributed by atoms with van der Waals surface area (Å²) in [6.07, 6.45) is 3.79. The van der Waals surface area contributed by atoms with Crippen molar-refractivity contribution < 1.29 is 9.53 Å². The third-order valence-electron chi connectivity index (χ3n) is 2.71. The van der Waals surface area contributed by atoms with Gasteiger partial charge in [0.2, 0.25) is 0 Å². The van der Waals surface area contributed by atoms with Crippen LogP contribution in [0.1, 0.15) is 44.5 Å². The van der Waals surface area contributed by atoms with Crippen LogP contribution in [0.25, 0.3) is 0 Å². The van der Waals surface area contributed by atoms with E-state index in [1.807, 2.05) is 33.9 Å². The van der Waals surface area contributed by atoms with Gasteiger partial charge in [-0.15, -0.1) is 11.3 Å². The molecule has 1 heterocycles. The van der Waals surface area contributed by atoms with Gasteiger partial charge < -0.3 is 15.4 Å². The summed E-state index contributed by atoms with van der Waals surface area (Å²) < 4.78 is 5.25. The first-order valence-corrected chi connectivity index (χ1v) is 8.83. The van der Waals surface area contributed by atoms with Gasteiger partial charge in [-0.1, -0.05) is 6.92 Å². The maximum absolute atomic E-state index is 11.7. The average Bonchev–Trinajstić information content (AvgIpc) is 2.91. The minimum Gasteiger partial charge on any atom is -0.459 e. The zero-order chi connectivity index (χ0) is 17.3. The van der Waals surface area contributed by atoms with Crippen LogP contribution in [0.5, 0.6) is 0 Å². The number of hydrogen-bond donors (Lipinski definition) is 2. The highest BCUT2D eigenvalue weighted by Gasteiger charge is 2.15. The number of aryl methyl sites for hydroxylation is 1. The molecule has 0 fully saturated rings. The third kappa shape index (κ3) is 8.54. The minimum atomic E-state index is -0.486. The maximum Gasteiger partial charge on any atom is 0.328 e. The Balaban J connectivity index is 2.44. The molecule has 23 heavy (non-hydrogen) atoms. The lowest BCUT2D eigenvalue weighted by Gasteiger charge is -2.19. The molecular weight excluding hydrogens is 312 g/mol. The molecule has 130 valence electrons. The Morgan fingerprint density at radius 2 is 2.09 bits per heavy atom. The van der Waals surface area contributed by atoms with E-state index in [1.54, 1.807) is 11.3 Å². The highest BCUT2D eigenvalue weighted by Crippen LogP contribution is 2.13. The Hall–Kier alpha value is -1.63. The van der Waals surface area contributed by atoms with Gasteiger partial charge in [0.1, 0.15) is 12.1 Å². The van der Waals surface area contributed by atoms with Crippen molar-refractivity contribution in [3.05, 3.63) is 16.1 Å². The van der Waals surface area contributed by atoms with Crippen LogP contribution in [0, 0.1) is 0 Å². The van der Waals surface area contributed by atoms with Crippen molar-refractivity contribution in [3.63, 3.8) is 0 Å². The van der Waals surface area contributed by atoms with Crippen molar-refractivity contribution >= 4 is 23.3 Å². The predicted molar refractivity (Wildman–Crippen MR) is 95.0 cm³/mol. The fourth-order valence-corrected chi connectivity index (χ4v) is 2.64. The number of thiazole rings is 1. The SMILES string of the molecule is CCNC(=NCC(=O)OC(C)(C)C)NCCc1ncc(CC)s1. The number of aliphatic imine (C=N–C) groups is 1. The van der Waals surface area contributed by atoms with E-state index in [0.29, 0.717) is 5.96 Å². The number of ether oxygens (including phenoxy) is 1. The molecule has 0 atom stereocenters. The number of rotatable bonds is 7. The van der Waals surface area contributed by atoms with Gasteiger partial charge in [-0.05, 0) is 34.1 Å². The number of nitrogens with zero attached hydrogens (tertiary/aromatic N) is 2. The minimum absolute atomic E-state index is 0.00381. The molecule has 0 aliphatic rings. The molecule has 0 saturated heterocycles. The zero-order valence-corrected chi connectivity index (χ0v) is 15.5. The van der Waals surface area contributed by atoms with Crippen LogP contribution in [0.15, 0.2) is 11.2 Å². The van der Waals surface area contributed by atoms with E-state index in [-0.39, 0.29) is 12.5 Å².